The van der Waals surface area contributed by atoms with Crippen molar-refractivity contribution in [3.63, 3.8) is 0 Å². The number of benzene rings is 2. The highest BCUT2D eigenvalue weighted by Gasteiger charge is 2.33. The minimum Gasteiger partial charge on any atom is -0.312 e. The number of sulfonamides is 1. The molecule has 0 fully saturated rings. The lowest BCUT2D eigenvalue weighted by atomic mass is 10.00. The third kappa shape index (κ3) is 2.70. The lowest BCUT2D eigenvalue weighted by molar-refractivity contribution is -0.118. The zero-order valence-corrected chi connectivity index (χ0v) is 15.1. The topological polar surface area (TPSA) is 66.5 Å². The van der Waals surface area contributed by atoms with Crippen LogP contribution in [0, 0.1) is 13.8 Å². The van der Waals surface area contributed by atoms with Gasteiger partial charge in [-0.2, -0.15) is 0 Å². The molecule has 0 atom stereocenters. The van der Waals surface area contributed by atoms with Crippen molar-refractivity contribution < 1.29 is 13.2 Å². The highest BCUT2D eigenvalue weighted by atomic mass is 32.2. The zero-order chi connectivity index (χ0) is 17.8. The van der Waals surface area contributed by atoms with Gasteiger partial charge in [-0.15, -0.1) is 0 Å². The molecule has 4 rings (SSSR count). The van der Waals surface area contributed by atoms with Gasteiger partial charge in [-0.05, 0) is 61.6 Å². The molecule has 0 unspecified atom stereocenters. The number of aryl methyl sites for hydroxylation is 3. The monoisotopic (exact) mass is 356 g/mol. The molecule has 0 aliphatic carbocycles. The summed E-state index contributed by atoms with van der Waals surface area (Å²) < 4.78 is 28.5. The van der Waals surface area contributed by atoms with Crippen molar-refractivity contribution in [3.05, 3.63) is 52.6 Å². The van der Waals surface area contributed by atoms with E-state index in [1.165, 1.54) is 0 Å². The molecule has 0 bridgehead atoms. The normalized spacial score (nSPS) is 16.1. The Bertz CT molecular complexity index is 996. The number of rotatable bonds is 3. The summed E-state index contributed by atoms with van der Waals surface area (Å²) in [6, 6.07) is 9.06. The fourth-order valence-electron chi connectivity index (χ4n) is 3.71. The van der Waals surface area contributed by atoms with E-state index in [1.807, 2.05) is 26.0 Å². The largest absolute Gasteiger partial charge is 0.312 e. The fourth-order valence-corrected chi connectivity index (χ4v) is 4.94. The van der Waals surface area contributed by atoms with Crippen LogP contribution in [0.3, 0.4) is 0 Å². The van der Waals surface area contributed by atoms with E-state index in [0.717, 1.165) is 27.9 Å². The quantitative estimate of drug-likeness (QED) is 0.919. The van der Waals surface area contributed by atoms with Crippen LogP contribution in [-0.4, -0.2) is 20.9 Å². The zero-order valence-electron chi connectivity index (χ0n) is 14.3. The van der Waals surface area contributed by atoms with Crippen LogP contribution in [0.2, 0.25) is 0 Å². The predicted molar refractivity (Wildman–Crippen MR) is 97.5 cm³/mol. The summed E-state index contributed by atoms with van der Waals surface area (Å²) in [7, 11) is -3.66. The Labute approximate surface area is 147 Å². The summed E-state index contributed by atoms with van der Waals surface area (Å²) in [5, 5.41) is 0. The standard InChI is InChI=1S/C19H20N2O3S/c1-12-3-5-17(13(2)9-12)20-25(23,24)16-10-14-4-6-18(22)21-8-7-15(11-16)19(14)21/h3,5,9-11,20H,4,6-8H2,1-2H3. The highest BCUT2D eigenvalue weighted by Crippen LogP contribution is 2.38. The van der Waals surface area contributed by atoms with Gasteiger partial charge >= 0.3 is 0 Å². The van der Waals surface area contributed by atoms with Crippen molar-refractivity contribution in [2.24, 2.45) is 0 Å². The molecule has 2 aliphatic rings. The average molecular weight is 356 g/mol. The Kier molecular flexibility index (Phi) is 3.61. The first-order valence-corrected chi connectivity index (χ1v) is 9.90. The molecule has 2 heterocycles. The lowest BCUT2D eigenvalue weighted by Crippen LogP contribution is -2.33. The Morgan fingerprint density at radius 2 is 1.72 bits per heavy atom. The van der Waals surface area contributed by atoms with Crippen LogP contribution in [0.1, 0.15) is 28.7 Å². The Morgan fingerprint density at radius 3 is 2.44 bits per heavy atom. The number of nitrogens with one attached hydrogen (secondary N) is 1. The van der Waals surface area contributed by atoms with Crippen LogP contribution in [0.4, 0.5) is 11.4 Å². The van der Waals surface area contributed by atoms with E-state index < -0.39 is 10.0 Å². The highest BCUT2D eigenvalue weighted by molar-refractivity contribution is 7.92. The van der Waals surface area contributed by atoms with E-state index in [2.05, 4.69) is 4.72 Å². The smallest absolute Gasteiger partial charge is 0.261 e. The van der Waals surface area contributed by atoms with Crippen LogP contribution in [-0.2, 0) is 27.7 Å². The molecule has 2 aromatic rings. The van der Waals surface area contributed by atoms with Gasteiger partial charge in [0.15, 0.2) is 0 Å². The second kappa shape index (κ2) is 5.59. The number of hydrogen-bond donors (Lipinski definition) is 1. The van der Waals surface area contributed by atoms with Gasteiger partial charge < -0.3 is 4.90 Å². The van der Waals surface area contributed by atoms with E-state index in [1.54, 1.807) is 23.1 Å². The van der Waals surface area contributed by atoms with Gasteiger partial charge in [0.25, 0.3) is 10.0 Å². The molecule has 0 saturated heterocycles. The molecule has 130 valence electrons. The van der Waals surface area contributed by atoms with Gasteiger partial charge in [-0.3, -0.25) is 9.52 Å². The summed E-state index contributed by atoms with van der Waals surface area (Å²) in [6.45, 7) is 4.51. The number of hydrogen-bond acceptors (Lipinski definition) is 3. The van der Waals surface area contributed by atoms with E-state index in [9.17, 15) is 13.2 Å². The molecule has 0 spiro atoms. The number of carbonyl (C=O) groups excluding carboxylic acids is 1. The van der Waals surface area contributed by atoms with E-state index in [-0.39, 0.29) is 10.8 Å². The number of carbonyl (C=O) groups is 1. The summed E-state index contributed by atoms with van der Waals surface area (Å²) in [6.07, 6.45) is 1.76. The first kappa shape index (κ1) is 16.1. The fraction of sp³-hybridized carbons (Fsp3) is 0.316. The number of anilines is 2. The first-order valence-electron chi connectivity index (χ1n) is 8.41. The van der Waals surface area contributed by atoms with Crippen molar-refractivity contribution in [2.45, 2.75) is 38.0 Å². The predicted octanol–water partition coefficient (Wildman–Crippen LogP) is 2.94. The minimum absolute atomic E-state index is 0.135. The van der Waals surface area contributed by atoms with E-state index in [4.69, 9.17) is 0 Å². The first-order chi connectivity index (χ1) is 11.8. The molecular weight excluding hydrogens is 336 g/mol. The molecule has 2 aromatic carbocycles. The summed E-state index contributed by atoms with van der Waals surface area (Å²) in [5.41, 5.74) is 5.41. The van der Waals surface area contributed by atoms with Crippen LogP contribution in [0.5, 0.6) is 0 Å². The molecule has 0 radical (unpaired) electrons. The number of nitrogens with zero attached hydrogens (tertiary/aromatic N) is 1. The Balaban J connectivity index is 1.73. The molecule has 2 aliphatic heterocycles. The SMILES string of the molecule is Cc1ccc(NS(=O)(=O)c2cc3c4c(c2)CCN4C(=O)CC3)c(C)c1. The molecule has 6 heteroatoms. The van der Waals surface area contributed by atoms with Gasteiger partial charge in [-0.25, -0.2) is 8.42 Å². The van der Waals surface area contributed by atoms with Crippen molar-refractivity contribution in [1.29, 1.82) is 0 Å². The van der Waals surface area contributed by atoms with Crippen LogP contribution >= 0.6 is 0 Å². The van der Waals surface area contributed by atoms with Gasteiger partial charge in [0.2, 0.25) is 5.91 Å². The second-order valence-electron chi connectivity index (χ2n) is 6.81. The molecule has 5 nitrogen and oxygen atoms in total. The number of amides is 1. The maximum Gasteiger partial charge on any atom is 0.261 e. The molecule has 1 N–H and O–H groups in total. The molecule has 25 heavy (non-hydrogen) atoms. The van der Waals surface area contributed by atoms with Gasteiger partial charge in [0, 0.05) is 13.0 Å². The summed E-state index contributed by atoms with van der Waals surface area (Å²) in [5.74, 6) is 0.135. The van der Waals surface area contributed by atoms with Gasteiger partial charge in [-0.1, -0.05) is 17.7 Å². The molecule has 0 aromatic heterocycles. The van der Waals surface area contributed by atoms with Gasteiger partial charge in [0.1, 0.15) is 0 Å². The third-order valence-corrected chi connectivity index (χ3v) is 6.31. The molecular formula is C19H20N2O3S. The van der Waals surface area contributed by atoms with Crippen molar-refractivity contribution >= 4 is 27.3 Å². The van der Waals surface area contributed by atoms with Gasteiger partial charge in [0.05, 0.1) is 16.3 Å². The minimum atomic E-state index is -3.66. The maximum absolute atomic E-state index is 12.9. The van der Waals surface area contributed by atoms with E-state index in [0.29, 0.717) is 31.5 Å². The van der Waals surface area contributed by atoms with Crippen LogP contribution in [0.25, 0.3) is 0 Å². The maximum atomic E-state index is 12.9. The lowest BCUT2D eigenvalue weighted by Gasteiger charge is -2.25. The summed E-state index contributed by atoms with van der Waals surface area (Å²) in [4.78, 5) is 14.1. The van der Waals surface area contributed by atoms with Crippen molar-refractivity contribution in [2.75, 3.05) is 16.2 Å². The van der Waals surface area contributed by atoms with Crippen LogP contribution in [0.15, 0.2) is 35.2 Å². The average Bonchev–Trinajstić information content (AvgIpc) is 2.99. The molecule has 1 amide bonds. The van der Waals surface area contributed by atoms with E-state index >= 15 is 0 Å². The van der Waals surface area contributed by atoms with Crippen LogP contribution < -0.4 is 9.62 Å². The summed E-state index contributed by atoms with van der Waals surface area (Å²) >= 11 is 0. The van der Waals surface area contributed by atoms with Crippen molar-refractivity contribution in [3.8, 4) is 0 Å². The Hall–Kier alpha value is -2.34. The Morgan fingerprint density at radius 1 is 1.00 bits per heavy atom. The molecule has 0 saturated carbocycles. The third-order valence-electron chi connectivity index (χ3n) is 4.96. The van der Waals surface area contributed by atoms with Crippen molar-refractivity contribution in [1.82, 2.24) is 0 Å². The second-order valence-corrected chi connectivity index (χ2v) is 8.49.